The fraction of sp³-hybridized carbons (Fsp3) is 1.00. The zero-order valence-corrected chi connectivity index (χ0v) is 8.97. The number of rotatable bonds is 2. The van der Waals surface area contributed by atoms with Gasteiger partial charge < -0.3 is 5.21 Å². The van der Waals surface area contributed by atoms with Crippen molar-refractivity contribution < 1.29 is 5.21 Å². The molecular weight excluding hydrogens is 140 g/mol. The number of hydroxylamine groups is 1. The minimum Gasteiger partial charge on any atom is -0.315 e. The van der Waals surface area contributed by atoms with Gasteiger partial charge in [-0.05, 0) is 21.0 Å². The zero-order chi connectivity index (χ0) is 9.86. The Morgan fingerprint density at radius 3 is 1.36 bits per heavy atom. The summed E-state index contributed by atoms with van der Waals surface area (Å²) in [5.41, 5.74) is 2.09. The summed E-state index contributed by atoms with van der Waals surface area (Å²) in [7, 11) is 3.77. The quantitative estimate of drug-likeness (QED) is 0.483. The standard InChI is InChI=1S/C4H12N2O.2C2H6/c1-4(5-7)6(2)3;2*1-2/h4-5,7H,1-3H3;2*1-2H3. The lowest BCUT2D eigenvalue weighted by atomic mass is 10.5. The average Bonchev–Trinajstić information content (AvgIpc) is 2.10. The van der Waals surface area contributed by atoms with E-state index in [0.717, 1.165) is 0 Å². The summed E-state index contributed by atoms with van der Waals surface area (Å²) in [5.74, 6) is 0. The Morgan fingerprint density at radius 2 is 1.36 bits per heavy atom. The molecule has 1 atom stereocenters. The van der Waals surface area contributed by atoms with E-state index < -0.39 is 0 Å². The van der Waals surface area contributed by atoms with Crippen LogP contribution in [0.4, 0.5) is 0 Å². The van der Waals surface area contributed by atoms with Gasteiger partial charge in [0.05, 0.1) is 6.17 Å². The highest BCUT2D eigenvalue weighted by atomic mass is 16.5. The van der Waals surface area contributed by atoms with Gasteiger partial charge in [-0.15, -0.1) is 0 Å². The van der Waals surface area contributed by atoms with Gasteiger partial charge in [0, 0.05) is 0 Å². The summed E-state index contributed by atoms with van der Waals surface area (Å²) in [6.07, 6.45) is 0.0417. The van der Waals surface area contributed by atoms with E-state index in [1.54, 1.807) is 0 Å². The van der Waals surface area contributed by atoms with Crippen LogP contribution in [0.1, 0.15) is 34.6 Å². The van der Waals surface area contributed by atoms with Crippen LogP contribution in [0.2, 0.25) is 0 Å². The van der Waals surface area contributed by atoms with Crippen LogP contribution in [0.3, 0.4) is 0 Å². The first-order valence-electron chi connectivity index (χ1n) is 4.24. The third-order valence-corrected chi connectivity index (χ3v) is 0.961. The van der Waals surface area contributed by atoms with Gasteiger partial charge in [-0.25, -0.2) is 0 Å². The second-order valence-corrected chi connectivity index (χ2v) is 1.77. The van der Waals surface area contributed by atoms with Crippen molar-refractivity contribution in [1.82, 2.24) is 10.4 Å². The first kappa shape index (κ1) is 17.1. The molecule has 2 N–H and O–H groups in total. The van der Waals surface area contributed by atoms with Crippen LogP contribution in [0.15, 0.2) is 0 Å². The smallest absolute Gasteiger partial charge is 0.0801 e. The number of nitrogens with one attached hydrogen (secondary N) is 1. The molecule has 72 valence electrons. The second kappa shape index (κ2) is 16.5. The molecule has 1 unspecified atom stereocenters. The Kier molecular flexibility index (Phi) is 25.6. The maximum absolute atomic E-state index is 8.21. The molecule has 0 aliphatic heterocycles. The molecule has 0 saturated carbocycles. The van der Waals surface area contributed by atoms with Crippen LogP contribution >= 0.6 is 0 Å². The van der Waals surface area contributed by atoms with Crippen molar-refractivity contribution in [3.8, 4) is 0 Å². The summed E-state index contributed by atoms with van der Waals surface area (Å²) >= 11 is 0. The molecule has 11 heavy (non-hydrogen) atoms. The van der Waals surface area contributed by atoms with Crippen LogP contribution in [0, 0.1) is 0 Å². The Bertz CT molecular complexity index is 49.4. The zero-order valence-electron chi connectivity index (χ0n) is 8.97. The van der Waals surface area contributed by atoms with E-state index in [4.69, 9.17) is 5.21 Å². The monoisotopic (exact) mass is 164 g/mol. The van der Waals surface area contributed by atoms with E-state index >= 15 is 0 Å². The summed E-state index contributed by atoms with van der Waals surface area (Å²) < 4.78 is 0. The predicted molar refractivity (Wildman–Crippen MR) is 50.8 cm³/mol. The van der Waals surface area contributed by atoms with E-state index in [-0.39, 0.29) is 6.17 Å². The van der Waals surface area contributed by atoms with Gasteiger partial charge in [0.25, 0.3) is 0 Å². The van der Waals surface area contributed by atoms with Gasteiger partial charge in [-0.3, -0.25) is 4.90 Å². The lowest BCUT2D eigenvalue weighted by Crippen LogP contribution is -2.36. The highest BCUT2D eigenvalue weighted by molar-refractivity contribution is 4.45. The summed E-state index contributed by atoms with van der Waals surface area (Å²) in [5, 5.41) is 8.21. The predicted octanol–water partition coefficient (Wildman–Crippen LogP) is 1.93. The summed E-state index contributed by atoms with van der Waals surface area (Å²) in [6, 6.07) is 0. The molecular formula is C8H24N2O. The van der Waals surface area contributed by atoms with Gasteiger partial charge in [0.1, 0.15) is 0 Å². The fourth-order valence-corrected chi connectivity index (χ4v) is 0.115. The topological polar surface area (TPSA) is 35.5 Å². The molecule has 0 aromatic heterocycles. The first-order valence-corrected chi connectivity index (χ1v) is 4.24. The molecule has 0 radical (unpaired) electrons. The van der Waals surface area contributed by atoms with Crippen molar-refractivity contribution >= 4 is 0 Å². The van der Waals surface area contributed by atoms with Crippen LogP contribution in [-0.4, -0.2) is 30.4 Å². The molecule has 0 aliphatic rings. The van der Waals surface area contributed by atoms with Crippen LogP contribution in [0.25, 0.3) is 0 Å². The van der Waals surface area contributed by atoms with Gasteiger partial charge in [0.15, 0.2) is 0 Å². The third-order valence-electron chi connectivity index (χ3n) is 0.961. The van der Waals surface area contributed by atoms with E-state index in [1.807, 2.05) is 53.6 Å². The molecule has 0 aromatic carbocycles. The maximum atomic E-state index is 8.21. The van der Waals surface area contributed by atoms with Crippen molar-refractivity contribution in [2.75, 3.05) is 14.1 Å². The molecule has 3 heteroatoms. The van der Waals surface area contributed by atoms with E-state index in [0.29, 0.717) is 0 Å². The lowest BCUT2D eigenvalue weighted by molar-refractivity contribution is 0.0685. The van der Waals surface area contributed by atoms with Crippen molar-refractivity contribution in [3.05, 3.63) is 0 Å². The molecule has 0 saturated heterocycles. The largest absolute Gasteiger partial charge is 0.315 e. The van der Waals surface area contributed by atoms with E-state index in [2.05, 4.69) is 5.48 Å². The molecule has 0 heterocycles. The molecule has 0 bridgehead atoms. The Labute approximate surface area is 71.4 Å². The average molecular weight is 164 g/mol. The lowest BCUT2D eigenvalue weighted by Gasteiger charge is -2.16. The van der Waals surface area contributed by atoms with Gasteiger partial charge in [-0.1, -0.05) is 27.7 Å². The summed E-state index contributed by atoms with van der Waals surface area (Å²) in [6.45, 7) is 9.86. The highest BCUT2D eigenvalue weighted by Gasteiger charge is 1.97. The molecule has 0 aromatic rings. The summed E-state index contributed by atoms with van der Waals surface area (Å²) in [4.78, 5) is 1.86. The van der Waals surface area contributed by atoms with Gasteiger partial charge in [-0.2, -0.15) is 5.48 Å². The highest BCUT2D eigenvalue weighted by Crippen LogP contribution is 1.80. The number of hydrogen-bond donors (Lipinski definition) is 2. The molecule has 0 amide bonds. The molecule has 0 aliphatic carbocycles. The van der Waals surface area contributed by atoms with Gasteiger partial charge in [0.2, 0.25) is 0 Å². The Hall–Kier alpha value is -0.120. The van der Waals surface area contributed by atoms with E-state index in [1.165, 1.54) is 0 Å². The van der Waals surface area contributed by atoms with Crippen LogP contribution < -0.4 is 5.48 Å². The van der Waals surface area contributed by atoms with Crippen molar-refractivity contribution in [3.63, 3.8) is 0 Å². The normalized spacial score (nSPS) is 10.6. The maximum Gasteiger partial charge on any atom is 0.0801 e. The van der Waals surface area contributed by atoms with Crippen LogP contribution in [0.5, 0.6) is 0 Å². The van der Waals surface area contributed by atoms with Gasteiger partial charge >= 0.3 is 0 Å². The Balaban J connectivity index is -0.000000138. The van der Waals surface area contributed by atoms with E-state index in [9.17, 15) is 0 Å². The SMILES string of the molecule is CC.CC.CC(NO)N(C)C. The Morgan fingerprint density at radius 1 is 1.09 bits per heavy atom. The number of hydrogen-bond acceptors (Lipinski definition) is 3. The van der Waals surface area contributed by atoms with Crippen LogP contribution in [-0.2, 0) is 0 Å². The van der Waals surface area contributed by atoms with Crippen molar-refractivity contribution in [1.29, 1.82) is 0 Å². The molecule has 0 fully saturated rings. The molecule has 0 spiro atoms. The fourth-order valence-electron chi connectivity index (χ4n) is 0.115. The minimum absolute atomic E-state index is 0.0417. The minimum atomic E-state index is 0.0417. The molecule has 0 rings (SSSR count). The third kappa shape index (κ3) is 17.7. The first-order chi connectivity index (χ1) is 5.18. The second-order valence-electron chi connectivity index (χ2n) is 1.77. The van der Waals surface area contributed by atoms with Crippen molar-refractivity contribution in [2.45, 2.75) is 40.8 Å². The molecule has 3 nitrogen and oxygen atoms in total. The van der Waals surface area contributed by atoms with Crippen molar-refractivity contribution in [2.24, 2.45) is 0 Å². The number of nitrogens with zero attached hydrogens (tertiary/aromatic N) is 1.